The molecule has 0 spiro atoms. The summed E-state index contributed by atoms with van der Waals surface area (Å²) in [4.78, 5) is 122. The number of nitrogens with one attached hydrogen (secondary N) is 8. The third kappa shape index (κ3) is 31.9. The normalized spacial score (nSPS) is 15.8. The highest BCUT2D eigenvalue weighted by Gasteiger charge is 2.37. The van der Waals surface area contributed by atoms with Gasteiger partial charge in [-0.25, -0.2) is 4.79 Å². The number of unbranched alkanes of at least 4 members (excludes halogenated alkanes) is 6. The Bertz CT molecular complexity index is 1910. The van der Waals surface area contributed by atoms with Gasteiger partial charge in [0.2, 0.25) is 47.3 Å². The fraction of sp³-hybridized carbons (Fsp3) is 0.810. The molecule has 0 heterocycles. The van der Waals surface area contributed by atoms with E-state index in [1.54, 1.807) is 27.7 Å². The summed E-state index contributed by atoms with van der Waals surface area (Å²) in [5.41, 5.74) is 5.86. The molecule has 0 aromatic heterocycles. The van der Waals surface area contributed by atoms with E-state index in [9.17, 15) is 58.5 Å². The number of rotatable bonds is 43. The molecule has 456 valence electrons. The maximum absolute atomic E-state index is 14.3. The summed E-state index contributed by atoms with van der Waals surface area (Å²) in [5.74, 6) is -7.99. The van der Waals surface area contributed by atoms with Gasteiger partial charge in [-0.1, -0.05) is 148 Å². The summed E-state index contributed by atoms with van der Waals surface area (Å²) in [6.07, 6.45) is 6.52. The van der Waals surface area contributed by atoms with Crippen LogP contribution in [0.15, 0.2) is 12.3 Å². The van der Waals surface area contributed by atoms with Gasteiger partial charge < -0.3 is 63.6 Å². The number of aliphatic hydroxyl groups excluding tert-OH is 2. The lowest BCUT2D eigenvalue weighted by atomic mass is 9.95. The van der Waals surface area contributed by atoms with Crippen molar-refractivity contribution in [3.8, 4) is 0 Å². The van der Waals surface area contributed by atoms with E-state index in [4.69, 9.17) is 5.73 Å². The topological polar surface area (TPSA) is 337 Å². The Hall–Kier alpha value is -5.31. The first-order valence-electron chi connectivity index (χ1n) is 29.3. The van der Waals surface area contributed by atoms with Crippen molar-refractivity contribution >= 4 is 53.2 Å². The molecule has 11 atom stereocenters. The van der Waals surface area contributed by atoms with Gasteiger partial charge in [-0.05, 0) is 87.4 Å². The molecule has 13 N–H and O–H groups in total. The Morgan fingerprint density at radius 3 is 1.28 bits per heavy atom. The van der Waals surface area contributed by atoms with Gasteiger partial charge in [0.05, 0.1) is 24.7 Å². The lowest BCUT2D eigenvalue weighted by Gasteiger charge is -2.31. The first kappa shape index (κ1) is 73.7. The van der Waals surface area contributed by atoms with Crippen molar-refractivity contribution in [2.75, 3.05) is 0 Å². The minimum absolute atomic E-state index is 0.0236. The van der Waals surface area contributed by atoms with Crippen LogP contribution in [0.2, 0.25) is 0 Å². The zero-order valence-electron chi connectivity index (χ0n) is 50.6. The van der Waals surface area contributed by atoms with Crippen molar-refractivity contribution in [1.82, 2.24) is 42.5 Å². The summed E-state index contributed by atoms with van der Waals surface area (Å²) in [5, 5.41) is 53.4. The van der Waals surface area contributed by atoms with E-state index in [0.29, 0.717) is 25.0 Å². The number of aliphatic hydroxyl groups is 2. The second-order valence-electron chi connectivity index (χ2n) is 23.9. The van der Waals surface area contributed by atoms with Crippen molar-refractivity contribution in [2.24, 2.45) is 41.2 Å². The van der Waals surface area contributed by atoms with Gasteiger partial charge in [0, 0.05) is 12.1 Å². The van der Waals surface area contributed by atoms with Crippen molar-refractivity contribution in [3.63, 3.8) is 0 Å². The van der Waals surface area contributed by atoms with Gasteiger partial charge in [-0.2, -0.15) is 0 Å². The summed E-state index contributed by atoms with van der Waals surface area (Å²) < 4.78 is 0. The molecular formula is C58H107N9O12. The molecule has 0 saturated heterocycles. The number of carbonyl (C=O) groups is 9. The van der Waals surface area contributed by atoms with Crippen LogP contribution in [0.3, 0.4) is 0 Å². The molecule has 0 rings (SSSR count). The molecule has 0 bridgehead atoms. The zero-order chi connectivity index (χ0) is 60.7. The molecule has 0 radical (unpaired) electrons. The van der Waals surface area contributed by atoms with Crippen LogP contribution in [0.5, 0.6) is 0 Å². The van der Waals surface area contributed by atoms with E-state index in [0.717, 1.165) is 25.7 Å². The van der Waals surface area contributed by atoms with Gasteiger partial charge in [-0.15, -0.1) is 0 Å². The van der Waals surface area contributed by atoms with Gasteiger partial charge in [0.25, 0.3) is 0 Å². The summed E-state index contributed by atoms with van der Waals surface area (Å²) in [7, 11) is 0. The second-order valence-corrected chi connectivity index (χ2v) is 23.9. The first-order chi connectivity index (χ1) is 36.8. The molecule has 21 heteroatoms. The summed E-state index contributed by atoms with van der Waals surface area (Å²) in [6.45, 7) is 29.7. The average Bonchev–Trinajstić information content (AvgIpc) is 3.33. The van der Waals surface area contributed by atoms with Crippen molar-refractivity contribution in [2.45, 2.75) is 267 Å². The van der Waals surface area contributed by atoms with E-state index in [1.807, 2.05) is 55.4 Å². The molecule has 0 aliphatic rings. The van der Waals surface area contributed by atoms with E-state index in [1.165, 1.54) is 26.2 Å². The highest BCUT2D eigenvalue weighted by atomic mass is 16.4. The SMILES string of the molecule is C=C(N[C@@H](CC(C)C)C(=O)N[C@H](CCC(N)=O)C(=O)N[C@@H](CC(C)C)C(=O)N[C@@H](C(=O)N[C@H](C(=O)N[C@H](CC(C)C)C(=O)N[C@@H](CC(C)C)C(=O)O)[C@@H](C)CC)[C@@H](C)O)[C@H](CC(C)C)NC(=O)C[C@H](O)CCCCCCCCC. The van der Waals surface area contributed by atoms with Crippen molar-refractivity contribution < 1.29 is 58.5 Å². The van der Waals surface area contributed by atoms with Gasteiger partial charge in [0.15, 0.2) is 0 Å². The Morgan fingerprint density at radius 2 is 0.823 bits per heavy atom. The molecule has 0 aromatic carbocycles. The Labute approximate surface area is 472 Å². The van der Waals surface area contributed by atoms with E-state index < -0.39 is 114 Å². The number of carbonyl (C=O) groups excluding carboxylic acids is 8. The lowest BCUT2D eigenvalue weighted by Crippen LogP contribution is -2.62. The number of hydrogen-bond acceptors (Lipinski definition) is 12. The Kier molecular flexibility index (Phi) is 36.5. The molecule has 0 saturated carbocycles. The average molecular weight is 1120 g/mol. The zero-order valence-corrected chi connectivity index (χ0v) is 50.6. The Balaban J connectivity index is 6.55. The number of amides is 8. The number of carboxylic acids is 1. The molecule has 21 nitrogen and oxygen atoms in total. The third-order valence-electron chi connectivity index (χ3n) is 13.6. The summed E-state index contributed by atoms with van der Waals surface area (Å²) in [6, 6.07) is -9.65. The standard InChI is InChI=1S/C58H107N9O12/c1-16-18-19-20-21-22-23-24-41(69)32-49(71)61-43(27-33(3)4)39(14)60-44(28-34(5)6)53(73)62-42(25-26-48(59)70)52(72)63-46(30-36(9)10)55(75)67-51(40(15)68)57(77)66-50(38(13)17-2)56(76)64-45(29-35(7)8)54(74)65-47(58(78)79)31-37(11)12/h33-38,40-47,50-51,60,68-69H,14,16-32H2,1-13,15H3,(H2,59,70)(H,61,71)(H,62,73)(H,63,72)(H,64,76)(H,65,74)(H,66,77)(H,67,75)(H,78,79)/t38-,40+,41+,42+,43-,44-,45+,46-,47-,50-,51+/m0/s1. The third-order valence-corrected chi connectivity index (χ3v) is 13.6. The fourth-order valence-electron chi connectivity index (χ4n) is 9.03. The highest BCUT2D eigenvalue weighted by Crippen LogP contribution is 2.18. The number of aliphatic carboxylic acids is 1. The first-order valence-corrected chi connectivity index (χ1v) is 29.3. The monoisotopic (exact) mass is 1120 g/mol. The number of primary amides is 1. The largest absolute Gasteiger partial charge is 0.480 e. The maximum Gasteiger partial charge on any atom is 0.326 e. The van der Waals surface area contributed by atoms with Crippen LogP contribution in [0, 0.1) is 35.5 Å². The lowest BCUT2D eigenvalue weighted by molar-refractivity contribution is -0.143. The van der Waals surface area contributed by atoms with Gasteiger partial charge in [0.1, 0.15) is 42.3 Å². The summed E-state index contributed by atoms with van der Waals surface area (Å²) >= 11 is 0. The number of carboxylic acid groups (broad SMARTS) is 1. The molecule has 0 aromatic rings. The van der Waals surface area contributed by atoms with E-state index >= 15 is 0 Å². The number of hydrogen-bond donors (Lipinski definition) is 12. The van der Waals surface area contributed by atoms with E-state index in [-0.39, 0.29) is 80.4 Å². The quantitative estimate of drug-likeness (QED) is 0.0367. The predicted octanol–water partition coefficient (Wildman–Crippen LogP) is 4.75. The predicted molar refractivity (Wildman–Crippen MR) is 307 cm³/mol. The fourth-order valence-corrected chi connectivity index (χ4v) is 9.03. The second kappa shape index (κ2) is 39.1. The van der Waals surface area contributed by atoms with E-state index in [2.05, 4.69) is 56.0 Å². The van der Waals surface area contributed by atoms with Crippen LogP contribution in [-0.2, 0) is 43.2 Å². The van der Waals surface area contributed by atoms with Crippen molar-refractivity contribution in [3.05, 3.63) is 12.3 Å². The molecule has 0 aliphatic heterocycles. The number of nitrogens with two attached hydrogens (primary N) is 1. The van der Waals surface area contributed by atoms with Crippen LogP contribution in [-0.4, -0.2) is 129 Å². The van der Waals surface area contributed by atoms with Crippen LogP contribution in [0.1, 0.15) is 206 Å². The van der Waals surface area contributed by atoms with Crippen LogP contribution >= 0.6 is 0 Å². The highest BCUT2D eigenvalue weighted by molar-refractivity contribution is 5.97. The molecule has 8 amide bonds. The minimum atomic E-state index is -1.66. The Morgan fingerprint density at radius 1 is 0.443 bits per heavy atom. The van der Waals surface area contributed by atoms with Crippen LogP contribution in [0.25, 0.3) is 0 Å². The molecular weight excluding hydrogens is 1010 g/mol. The maximum atomic E-state index is 14.3. The molecule has 0 unspecified atom stereocenters. The van der Waals surface area contributed by atoms with Crippen molar-refractivity contribution in [1.29, 1.82) is 0 Å². The van der Waals surface area contributed by atoms with Gasteiger partial charge in [-0.3, -0.25) is 38.4 Å². The van der Waals surface area contributed by atoms with Crippen LogP contribution in [0.4, 0.5) is 0 Å². The minimum Gasteiger partial charge on any atom is -0.480 e. The molecule has 0 fully saturated rings. The molecule has 0 aliphatic carbocycles. The smallest absolute Gasteiger partial charge is 0.326 e. The van der Waals surface area contributed by atoms with Gasteiger partial charge >= 0.3 is 5.97 Å². The molecule has 79 heavy (non-hydrogen) atoms. The van der Waals surface area contributed by atoms with Crippen LogP contribution < -0.4 is 48.3 Å².